The molecule has 0 bridgehead atoms. The number of hydrogen-bond donors (Lipinski definition) is 2. The molecular formula is C21H27N5O5S. The summed E-state index contributed by atoms with van der Waals surface area (Å²) in [7, 11) is -0.766. The van der Waals surface area contributed by atoms with Gasteiger partial charge in [0.25, 0.3) is 11.6 Å². The summed E-state index contributed by atoms with van der Waals surface area (Å²) in [5.74, 6) is -0.354. The Balaban J connectivity index is 1.70. The van der Waals surface area contributed by atoms with E-state index >= 15 is 0 Å². The van der Waals surface area contributed by atoms with Gasteiger partial charge < -0.3 is 15.5 Å². The van der Waals surface area contributed by atoms with Gasteiger partial charge in [0.1, 0.15) is 0 Å². The number of nitrogens with one attached hydrogen (secondary N) is 2. The summed E-state index contributed by atoms with van der Waals surface area (Å²) >= 11 is 0. The third kappa shape index (κ3) is 5.35. The number of rotatable bonds is 9. The number of carbonyl (C=O) groups is 1. The Labute approximate surface area is 187 Å². The molecule has 0 unspecified atom stereocenters. The largest absolute Gasteiger partial charge is 0.383 e. The van der Waals surface area contributed by atoms with Crippen LogP contribution in [0.4, 0.5) is 17.1 Å². The van der Waals surface area contributed by atoms with Crippen LogP contribution in [0.25, 0.3) is 0 Å². The average Bonchev–Trinajstić information content (AvgIpc) is 3.31. The van der Waals surface area contributed by atoms with Crippen molar-refractivity contribution in [1.82, 2.24) is 9.62 Å². The molecule has 2 aromatic carbocycles. The Hall–Kier alpha value is -3.18. The molecule has 1 fully saturated rings. The molecule has 1 amide bonds. The summed E-state index contributed by atoms with van der Waals surface area (Å²) in [6.07, 6.45) is 2.05. The first-order chi connectivity index (χ1) is 15.2. The zero-order chi connectivity index (χ0) is 23.3. The van der Waals surface area contributed by atoms with Crippen molar-refractivity contribution in [2.24, 2.45) is 0 Å². The number of anilines is 2. The summed E-state index contributed by atoms with van der Waals surface area (Å²) in [5, 5.41) is 16.6. The Morgan fingerprint density at radius 2 is 1.75 bits per heavy atom. The molecule has 0 radical (unpaired) electrons. The van der Waals surface area contributed by atoms with Gasteiger partial charge in [-0.1, -0.05) is 0 Å². The van der Waals surface area contributed by atoms with E-state index in [-0.39, 0.29) is 16.5 Å². The first kappa shape index (κ1) is 23.5. The molecule has 172 valence electrons. The van der Waals surface area contributed by atoms with Crippen molar-refractivity contribution in [2.75, 3.05) is 50.5 Å². The molecule has 2 N–H and O–H groups in total. The predicted octanol–water partition coefficient (Wildman–Crippen LogP) is 2.29. The fourth-order valence-corrected chi connectivity index (χ4v) is 4.41. The quantitative estimate of drug-likeness (QED) is 0.333. The number of benzene rings is 2. The SMILES string of the molecule is CN(C)S(=O)(=O)c1ccc(N2CCCC2)c(C(=O)NCCNc2ccc([N+](=O)[O-])cc2)c1. The van der Waals surface area contributed by atoms with Crippen LogP contribution in [0.3, 0.4) is 0 Å². The van der Waals surface area contributed by atoms with Gasteiger partial charge in [0, 0.05) is 63.8 Å². The summed E-state index contributed by atoms with van der Waals surface area (Å²) in [6, 6.07) is 10.7. The molecule has 0 spiro atoms. The third-order valence-corrected chi connectivity index (χ3v) is 7.07. The zero-order valence-electron chi connectivity index (χ0n) is 18.1. The van der Waals surface area contributed by atoms with Gasteiger partial charge in [-0.3, -0.25) is 14.9 Å². The van der Waals surface area contributed by atoms with E-state index in [1.165, 1.54) is 38.4 Å². The highest BCUT2D eigenvalue weighted by molar-refractivity contribution is 7.89. The monoisotopic (exact) mass is 461 g/mol. The van der Waals surface area contributed by atoms with Crippen LogP contribution in [0.5, 0.6) is 0 Å². The lowest BCUT2D eigenvalue weighted by Gasteiger charge is -2.22. The zero-order valence-corrected chi connectivity index (χ0v) is 18.9. The normalized spacial score (nSPS) is 13.9. The van der Waals surface area contributed by atoms with Gasteiger partial charge in [0.2, 0.25) is 10.0 Å². The first-order valence-corrected chi connectivity index (χ1v) is 11.7. The first-order valence-electron chi connectivity index (χ1n) is 10.3. The second-order valence-electron chi connectivity index (χ2n) is 7.65. The molecule has 1 aliphatic heterocycles. The van der Waals surface area contributed by atoms with Crippen LogP contribution in [0, 0.1) is 10.1 Å². The lowest BCUT2D eigenvalue weighted by atomic mass is 10.1. The van der Waals surface area contributed by atoms with Crippen molar-refractivity contribution >= 4 is 33.0 Å². The molecular weight excluding hydrogens is 434 g/mol. The molecule has 32 heavy (non-hydrogen) atoms. The van der Waals surface area contributed by atoms with Crippen molar-refractivity contribution in [3.63, 3.8) is 0 Å². The average molecular weight is 462 g/mol. The summed E-state index contributed by atoms with van der Waals surface area (Å²) in [6.45, 7) is 2.34. The Bertz CT molecular complexity index is 1080. The maximum absolute atomic E-state index is 13.0. The summed E-state index contributed by atoms with van der Waals surface area (Å²) < 4.78 is 26.2. The number of hydrogen-bond acceptors (Lipinski definition) is 7. The van der Waals surface area contributed by atoms with Gasteiger partial charge in [-0.2, -0.15) is 0 Å². The standard InChI is InChI=1S/C21H27N5O5S/c1-24(2)32(30,31)18-9-10-20(25-13-3-4-14-25)19(15-18)21(27)23-12-11-22-16-5-7-17(8-6-16)26(28)29/h5-10,15,22H,3-4,11-14H2,1-2H3,(H,23,27). The van der Waals surface area contributed by atoms with E-state index in [2.05, 4.69) is 15.5 Å². The van der Waals surface area contributed by atoms with E-state index in [4.69, 9.17) is 0 Å². The molecule has 10 nitrogen and oxygen atoms in total. The second kappa shape index (κ2) is 9.96. The van der Waals surface area contributed by atoms with E-state index in [0.717, 1.165) is 35.9 Å². The molecule has 0 aromatic heterocycles. The molecule has 0 atom stereocenters. The molecule has 0 aliphatic carbocycles. The lowest BCUT2D eigenvalue weighted by Crippen LogP contribution is -2.31. The molecule has 1 heterocycles. The number of carbonyl (C=O) groups excluding carboxylic acids is 1. The molecule has 3 rings (SSSR count). The fourth-order valence-electron chi connectivity index (χ4n) is 3.48. The van der Waals surface area contributed by atoms with E-state index in [0.29, 0.717) is 24.3 Å². The molecule has 0 saturated carbocycles. The fraction of sp³-hybridized carbons (Fsp3) is 0.381. The van der Waals surface area contributed by atoms with Gasteiger partial charge >= 0.3 is 0 Å². The van der Waals surface area contributed by atoms with E-state index in [1.54, 1.807) is 18.2 Å². The number of nitro benzene ring substituents is 1. The molecule has 1 aliphatic rings. The van der Waals surface area contributed by atoms with Gasteiger partial charge in [0.15, 0.2) is 0 Å². The molecule has 1 saturated heterocycles. The highest BCUT2D eigenvalue weighted by Gasteiger charge is 2.24. The van der Waals surface area contributed by atoms with Gasteiger partial charge in [-0.25, -0.2) is 12.7 Å². The smallest absolute Gasteiger partial charge is 0.269 e. The van der Waals surface area contributed by atoms with Crippen molar-refractivity contribution in [2.45, 2.75) is 17.7 Å². The summed E-state index contributed by atoms with van der Waals surface area (Å²) in [5.41, 5.74) is 1.75. The van der Waals surface area contributed by atoms with E-state index in [1.807, 2.05) is 0 Å². The van der Waals surface area contributed by atoms with Crippen LogP contribution < -0.4 is 15.5 Å². The summed E-state index contributed by atoms with van der Waals surface area (Å²) in [4.78, 5) is 25.4. The van der Waals surface area contributed by atoms with Crippen molar-refractivity contribution in [3.05, 3.63) is 58.1 Å². The van der Waals surface area contributed by atoms with Crippen LogP contribution in [0.2, 0.25) is 0 Å². The minimum absolute atomic E-state index is 0.00542. The maximum atomic E-state index is 13.0. The van der Waals surface area contributed by atoms with E-state index in [9.17, 15) is 23.3 Å². The molecule has 11 heteroatoms. The van der Waals surface area contributed by atoms with Crippen molar-refractivity contribution < 1.29 is 18.1 Å². The Morgan fingerprint density at radius 1 is 1.09 bits per heavy atom. The van der Waals surface area contributed by atoms with Crippen LogP contribution in [-0.4, -0.2) is 63.8 Å². The maximum Gasteiger partial charge on any atom is 0.269 e. The number of nitrogens with zero attached hydrogens (tertiary/aromatic N) is 3. The number of non-ortho nitro benzene ring substituents is 1. The van der Waals surface area contributed by atoms with E-state index < -0.39 is 14.9 Å². The minimum atomic E-state index is -3.67. The van der Waals surface area contributed by atoms with Crippen molar-refractivity contribution in [3.8, 4) is 0 Å². The van der Waals surface area contributed by atoms with Crippen LogP contribution >= 0.6 is 0 Å². The van der Waals surface area contributed by atoms with Crippen molar-refractivity contribution in [1.29, 1.82) is 0 Å². The van der Waals surface area contributed by atoms with Gasteiger partial charge in [-0.05, 0) is 43.2 Å². The predicted molar refractivity (Wildman–Crippen MR) is 123 cm³/mol. The topological polar surface area (TPSA) is 125 Å². The lowest BCUT2D eigenvalue weighted by molar-refractivity contribution is -0.384. The third-order valence-electron chi connectivity index (χ3n) is 5.26. The van der Waals surface area contributed by atoms with Gasteiger partial charge in [-0.15, -0.1) is 0 Å². The van der Waals surface area contributed by atoms with Crippen LogP contribution in [0.1, 0.15) is 23.2 Å². The number of amides is 1. The second-order valence-corrected chi connectivity index (χ2v) is 9.80. The highest BCUT2D eigenvalue weighted by atomic mass is 32.2. The highest BCUT2D eigenvalue weighted by Crippen LogP contribution is 2.28. The van der Waals surface area contributed by atoms with Gasteiger partial charge in [0.05, 0.1) is 15.4 Å². The van der Waals surface area contributed by atoms with Crippen LogP contribution in [0.15, 0.2) is 47.4 Å². The Kier molecular flexibility index (Phi) is 7.31. The van der Waals surface area contributed by atoms with Crippen LogP contribution in [-0.2, 0) is 10.0 Å². The number of nitro groups is 1. The molecule has 2 aromatic rings. The Morgan fingerprint density at radius 3 is 2.34 bits per heavy atom. The number of sulfonamides is 1. The minimum Gasteiger partial charge on any atom is -0.383 e.